The van der Waals surface area contributed by atoms with Gasteiger partial charge in [0.2, 0.25) is 11.8 Å². The predicted octanol–water partition coefficient (Wildman–Crippen LogP) is 5.44. The van der Waals surface area contributed by atoms with Crippen LogP contribution in [-0.2, 0) is 20.8 Å². The van der Waals surface area contributed by atoms with Crippen molar-refractivity contribution in [2.75, 3.05) is 6.54 Å². The molecule has 0 aliphatic carbocycles. The quantitative estimate of drug-likeness (QED) is 0.0509. The molecular weight excluding hydrogens is 530 g/mol. The summed E-state index contributed by atoms with van der Waals surface area (Å²) in [4.78, 5) is 38.1. The van der Waals surface area contributed by atoms with Crippen LogP contribution in [0.15, 0.2) is 24.3 Å². The fourth-order valence-corrected chi connectivity index (χ4v) is 4.96. The SMILES string of the molecule is CCCCCCCCCCCCCCC[CH]C(=O)C(CCCNC(=N)N)NC(=O)C(Cc1ccc(O)cc1)NC(C)=O. The maximum Gasteiger partial charge on any atom is 0.243 e. The zero-order valence-corrected chi connectivity index (χ0v) is 26.0. The Kier molecular flexibility index (Phi) is 20.6. The Morgan fingerprint density at radius 3 is 1.90 bits per heavy atom. The van der Waals surface area contributed by atoms with Crippen LogP contribution in [0.25, 0.3) is 0 Å². The monoisotopic (exact) mass is 586 g/mol. The van der Waals surface area contributed by atoms with Crippen LogP contribution in [0.2, 0.25) is 0 Å². The first-order valence-corrected chi connectivity index (χ1v) is 16.0. The minimum Gasteiger partial charge on any atom is -0.508 e. The third kappa shape index (κ3) is 19.1. The van der Waals surface area contributed by atoms with E-state index in [1.54, 1.807) is 18.6 Å². The molecule has 1 rings (SSSR count). The smallest absolute Gasteiger partial charge is 0.243 e. The fourth-order valence-electron chi connectivity index (χ4n) is 4.96. The van der Waals surface area contributed by atoms with E-state index in [0.29, 0.717) is 25.8 Å². The molecule has 1 radical (unpaired) electrons. The molecule has 0 aliphatic rings. The minimum atomic E-state index is -0.862. The minimum absolute atomic E-state index is 0.114. The molecule has 0 fully saturated rings. The molecule has 0 bridgehead atoms. The highest BCUT2D eigenvalue weighted by molar-refractivity contribution is 5.96. The maximum absolute atomic E-state index is 13.2. The molecule has 2 unspecified atom stereocenters. The summed E-state index contributed by atoms with van der Waals surface area (Å²) < 4.78 is 0. The zero-order chi connectivity index (χ0) is 31.0. The number of phenols is 1. The first-order valence-electron chi connectivity index (χ1n) is 16.0. The van der Waals surface area contributed by atoms with Gasteiger partial charge in [-0.3, -0.25) is 19.8 Å². The number of carbonyl (C=O) groups is 3. The molecule has 0 spiro atoms. The van der Waals surface area contributed by atoms with Gasteiger partial charge < -0.3 is 26.8 Å². The van der Waals surface area contributed by atoms with Crippen molar-refractivity contribution in [3.8, 4) is 5.75 Å². The second-order valence-corrected chi connectivity index (χ2v) is 11.3. The molecule has 0 saturated carbocycles. The summed E-state index contributed by atoms with van der Waals surface area (Å²) >= 11 is 0. The lowest BCUT2D eigenvalue weighted by atomic mass is 9.99. The number of nitrogens with two attached hydrogens (primary N) is 1. The van der Waals surface area contributed by atoms with Gasteiger partial charge in [0.15, 0.2) is 11.7 Å². The van der Waals surface area contributed by atoms with Crippen LogP contribution in [-0.4, -0.2) is 47.3 Å². The van der Waals surface area contributed by atoms with E-state index in [9.17, 15) is 19.5 Å². The number of rotatable bonds is 25. The summed E-state index contributed by atoms with van der Waals surface area (Å²) in [5, 5.41) is 25.1. The number of phenolic OH excluding ortho intramolecular Hbond substituents is 1. The Hall–Kier alpha value is -3.10. The van der Waals surface area contributed by atoms with Crippen molar-refractivity contribution in [1.29, 1.82) is 5.41 Å². The molecule has 2 amide bonds. The Morgan fingerprint density at radius 1 is 0.833 bits per heavy atom. The number of guanidine groups is 1. The van der Waals surface area contributed by atoms with E-state index in [0.717, 1.165) is 18.4 Å². The van der Waals surface area contributed by atoms with E-state index in [4.69, 9.17) is 11.1 Å². The number of amides is 2. The van der Waals surface area contributed by atoms with Crippen LogP contribution in [0.5, 0.6) is 5.75 Å². The van der Waals surface area contributed by atoms with Gasteiger partial charge in [-0.15, -0.1) is 0 Å². The van der Waals surface area contributed by atoms with Crippen molar-refractivity contribution in [1.82, 2.24) is 16.0 Å². The zero-order valence-electron chi connectivity index (χ0n) is 26.0. The number of ketones is 1. The van der Waals surface area contributed by atoms with E-state index < -0.39 is 18.0 Å². The molecule has 7 N–H and O–H groups in total. The normalized spacial score (nSPS) is 12.3. The second kappa shape index (κ2) is 23.5. The number of unbranched alkanes of at least 4 members (excludes halogenated alkanes) is 13. The largest absolute Gasteiger partial charge is 0.508 e. The third-order valence-electron chi connectivity index (χ3n) is 7.37. The van der Waals surface area contributed by atoms with Gasteiger partial charge in [0.05, 0.1) is 6.04 Å². The highest BCUT2D eigenvalue weighted by atomic mass is 16.3. The molecule has 9 heteroatoms. The average molecular weight is 587 g/mol. The number of hydrogen-bond acceptors (Lipinski definition) is 5. The van der Waals surface area contributed by atoms with Crippen LogP contribution in [0.1, 0.15) is 122 Å². The van der Waals surface area contributed by atoms with Gasteiger partial charge in [0, 0.05) is 26.3 Å². The van der Waals surface area contributed by atoms with Crippen LogP contribution >= 0.6 is 0 Å². The predicted molar refractivity (Wildman–Crippen MR) is 170 cm³/mol. The van der Waals surface area contributed by atoms with Crippen LogP contribution < -0.4 is 21.7 Å². The molecule has 9 nitrogen and oxygen atoms in total. The summed E-state index contributed by atoms with van der Waals surface area (Å²) in [6, 6.07) is 4.84. The molecule has 0 aliphatic heterocycles. The Bertz CT molecular complexity index is 906. The molecule has 0 saturated heterocycles. The lowest BCUT2D eigenvalue weighted by Gasteiger charge is -2.23. The van der Waals surface area contributed by atoms with Crippen molar-refractivity contribution >= 4 is 23.6 Å². The first kappa shape index (κ1) is 36.9. The molecule has 1 aromatic carbocycles. The summed E-state index contributed by atoms with van der Waals surface area (Å²) in [6.45, 7) is 4.01. The lowest BCUT2D eigenvalue weighted by Crippen LogP contribution is -2.52. The summed E-state index contributed by atoms with van der Waals surface area (Å²) in [7, 11) is 0. The van der Waals surface area contributed by atoms with Crippen LogP contribution in [0, 0.1) is 11.8 Å². The van der Waals surface area contributed by atoms with E-state index in [2.05, 4.69) is 22.9 Å². The summed E-state index contributed by atoms with van der Waals surface area (Å²) in [5.41, 5.74) is 6.13. The summed E-state index contributed by atoms with van der Waals surface area (Å²) in [6.07, 6.45) is 19.9. The molecule has 2 atom stereocenters. The van der Waals surface area contributed by atoms with E-state index in [1.807, 2.05) is 0 Å². The number of nitrogens with one attached hydrogen (secondary N) is 4. The van der Waals surface area contributed by atoms with Crippen LogP contribution in [0.4, 0.5) is 0 Å². The fraction of sp³-hybridized carbons (Fsp3) is 0.667. The van der Waals surface area contributed by atoms with Crippen molar-refractivity contribution in [3.05, 3.63) is 36.2 Å². The Balaban J connectivity index is 2.48. The molecular formula is C33H56N5O4. The van der Waals surface area contributed by atoms with Crippen LogP contribution in [0.3, 0.4) is 0 Å². The van der Waals surface area contributed by atoms with E-state index in [1.165, 1.54) is 89.7 Å². The van der Waals surface area contributed by atoms with Gasteiger partial charge in [-0.2, -0.15) is 0 Å². The number of Topliss-reactive ketones (excluding diaryl/α,β-unsaturated/α-hetero) is 1. The van der Waals surface area contributed by atoms with Gasteiger partial charge in [-0.25, -0.2) is 0 Å². The summed E-state index contributed by atoms with van der Waals surface area (Å²) in [5.74, 6) is -0.961. The lowest BCUT2D eigenvalue weighted by molar-refractivity contribution is -0.130. The van der Waals surface area contributed by atoms with Gasteiger partial charge in [-0.1, -0.05) is 103 Å². The van der Waals surface area contributed by atoms with Gasteiger partial charge in [0.1, 0.15) is 11.8 Å². The Labute approximate surface area is 253 Å². The van der Waals surface area contributed by atoms with E-state index in [-0.39, 0.29) is 29.8 Å². The maximum atomic E-state index is 13.2. The highest BCUT2D eigenvalue weighted by Gasteiger charge is 2.26. The third-order valence-corrected chi connectivity index (χ3v) is 7.37. The standard InChI is InChI=1S/C33H56N5O4/c1-3-4-5-6-7-8-9-10-11-12-13-14-15-16-19-31(41)29(18-17-24-36-33(34)35)38-32(42)30(37-26(2)39)25-27-20-22-28(40)23-21-27/h19-23,29-30,40H,3-18,24-25H2,1-2H3,(H,37,39)(H,38,42)(H4,34,35,36). The van der Waals surface area contributed by atoms with Crippen molar-refractivity contribution in [3.63, 3.8) is 0 Å². The van der Waals surface area contributed by atoms with Crippen molar-refractivity contribution in [2.24, 2.45) is 5.73 Å². The number of carbonyl (C=O) groups excluding carboxylic acids is 3. The average Bonchev–Trinajstić information content (AvgIpc) is 2.95. The number of aromatic hydroxyl groups is 1. The van der Waals surface area contributed by atoms with Gasteiger partial charge in [0.25, 0.3) is 0 Å². The van der Waals surface area contributed by atoms with Crippen molar-refractivity contribution in [2.45, 2.75) is 135 Å². The number of benzene rings is 1. The highest BCUT2D eigenvalue weighted by Crippen LogP contribution is 2.15. The molecule has 237 valence electrons. The topological polar surface area (TPSA) is 157 Å². The molecule has 1 aromatic rings. The van der Waals surface area contributed by atoms with E-state index >= 15 is 0 Å². The number of hydrogen-bond donors (Lipinski definition) is 6. The molecule has 0 heterocycles. The second-order valence-electron chi connectivity index (χ2n) is 11.3. The molecule has 0 aromatic heterocycles. The van der Waals surface area contributed by atoms with Gasteiger partial charge >= 0.3 is 0 Å². The van der Waals surface area contributed by atoms with Gasteiger partial charge in [-0.05, 0) is 37.0 Å². The molecule has 42 heavy (non-hydrogen) atoms. The first-order chi connectivity index (χ1) is 20.2. The van der Waals surface area contributed by atoms with Crippen molar-refractivity contribution < 1.29 is 19.5 Å². The Morgan fingerprint density at radius 2 is 1.38 bits per heavy atom.